The lowest BCUT2D eigenvalue weighted by Gasteiger charge is -2.36. The van der Waals surface area contributed by atoms with Gasteiger partial charge in [-0.25, -0.2) is 22.5 Å². The molecule has 1 saturated heterocycles. The average Bonchev–Trinajstić information content (AvgIpc) is 2.77. The van der Waals surface area contributed by atoms with E-state index in [0.717, 1.165) is 37.4 Å². The number of nitrogens with zero attached hydrogens (tertiary/aromatic N) is 3. The fourth-order valence-electron chi connectivity index (χ4n) is 3.25. The number of benzene rings is 2. The number of rotatable bonds is 7. The van der Waals surface area contributed by atoms with Crippen molar-refractivity contribution in [1.29, 1.82) is 0 Å². The summed E-state index contributed by atoms with van der Waals surface area (Å²) in [7, 11) is -3.50. The lowest BCUT2D eigenvalue weighted by Crippen LogP contribution is -2.51. The lowest BCUT2D eigenvalue weighted by molar-refractivity contribution is 0.380. The summed E-state index contributed by atoms with van der Waals surface area (Å²) in [6.45, 7) is 7.70. The smallest absolute Gasteiger partial charge is 0.240 e. The number of nitrogens with two attached hydrogens (primary N) is 1. The molecule has 0 unspecified atom stereocenters. The van der Waals surface area contributed by atoms with Gasteiger partial charge in [-0.15, -0.1) is 24.0 Å². The van der Waals surface area contributed by atoms with E-state index >= 15 is 0 Å². The van der Waals surface area contributed by atoms with E-state index in [2.05, 4.69) is 14.6 Å². The van der Waals surface area contributed by atoms with Crippen LogP contribution < -0.4 is 15.4 Å². The molecule has 3 N–H and O–H groups in total. The first-order valence-corrected chi connectivity index (χ1v) is 11.9. The Labute approximate surface area is 207 Å². The third-order valence-corrected chi connectivity index (χ3v) is 6.57. The van der Waals surface area contributed by atoms with Crippen LogP contribution in [-0.2, 0) is 16.6 Å². The molecule has 0 saturated carbocycles. The Hall–Kier alpha value is -1.92. The highest BCUT2D eigenvalue weighted by atomic mass is 127. The molecule has 10 heteroatoms. The van der Waals surface area contributed by atoms with E-state index in [4.69, 9.17) is 5.73 Å². The van der Waals surface area contributed by atoms with Crippen LogP contribution in [0.5, 0.6) is 0 Å². The van der Waals surface area contributed by atoms with Gasteiger partial charge < -0.3 is 15.5 Å². The Morgan fingerprint density at radius 3 is 2.22 bits per heavy atom. The van der Waals surface area contributed by atoms with Gasteiger partial charge in [0.2, 0.25) is 10.0 Å². The van der Waals surface area contributed by atoms with Crippen molar-refractivity contribution in [2.45, 2.75) is 25.3 Å². The summed E-state index contributed by atoms with van der Waals surface area (Å²) < 4.78 is 40.3. The van der Waals surface area contributed by atoms with Crippen LogP contribution in [-0.4, -0.2) is 52.0 Å². The zero-order valence-corrected chi connectivity index (χ0v) is 21.5. The normalized spacial score (nSPS) is 15.1. The standard InChI is InChI=1S/C22H30FN5O2S.HI/c1-17(2)15-26-31(29,30)21-9-3-18(4-10-21)16-25-22(24)28-13-11-27(12-14-28)20-7-5-19(23)6-8-20;/h3-10,17,26H,11-16H2,1-2H3,(H2,24,25);1H. The fraction of sp³-hybridized carbons (Fsp3) is 0.409. The van der Waals surface area contributed by atoms with Gasteiger partial charge in [-0.05, 0) is 47.9 Å². The molecule has 0 bridgehead atoms. The summed E-state index contributed by atoms with van der Waals surface area (Å²) in [5.41, 5.74) is 8.05. The maximum Gasteiger partial charge on any atom is 0.240 e. The van der Waals surface area contributed by atoms with Gasteiger partial charge in [-0.3, -0.25) is 0 Å². The van der Waals surface area contributed by atoms with Crippen LogP contribution in [0, 0.1) is 11.7 Å². The van der Waals surface area contributed by atoms with Crippen molar-refractivity contribution >= 4 is 45.6 Å². The third-order valence-electron chi connectivity index (χ3n) is 5.13. The Bertz CT molecular complexity index is 990. The Morgan fingerprint density at radius 1 is 1.06 bits per heavy atom. The second kappa shape index (κ2) is 11.8. The van der Waals surface area contributed by atoms with E-state index in [1.807, 2.05) is 18.7 Å². The minimum Gasteiger partial charge on any atom is -0.370 e. The largest absolute Gasteiger partial charge is 0.370 e. The maximum atomic E-state index is 13.1. The summed E-state index contributed by atoms with van der Waals surface area (Å²) in [6.07, 6.45) is 0. The molecule has 0 spiro atoms. The van der Waals surface area contributed by atoms with Gasteiger partial charge in [0.05, 0.1) is 11.4 Å². The minimum atomic E-state index is -3.50. The van der Waals surface area contributed by atoms with Gasteiger partial charge >= 0.3 is 0 Å². The lowest BCUT2D eigenvalue weighted by atomic mass is 10.2. The molecular weight excluding hydrogens is 544 g/mol. The zero-order chi connectivity index (χ0) is 22.4. The van der Waals surface area contributed by atoms with Gasteiger partial charge in [-0.1, -0.05) is 26.0 Å². The molecule has 1 aliphatic rings. The molecule has 0 aromatic heterocycles. The van der Waals surface area contributed by atoms with E-state index in [1.54, 1.807) is 36.4 Å². The van der Waals surface area contributed by atoms with Gasteiger partial charge in [0.15, 0.2) is 5.96 Å². The Morgan fingerprint density at radius 2 is 1.66 bits per heavy atom. The van der Waals surface area contributed by atoms with Crippen molar-refractivity contribution in [3.05, 3.63) is 59.9 Å². The predicted molar refractivity (Wildman–Crippen MR) is 137 cm³/mol. The first-order chi connectivity index (χ1) is 14.7. The van der Waals surface area contributed by atoms with Crippen LogP contribution >= 0.6 is 24.0 Å². The van der Waals surface area contributed by atoms with Gasteiger partial charge in [0.25, 0.3) is 0 Å². The van der Waals surface area contributed by atoms with Crippen LogP contribution in [0.4, 0.5) is 10.1 Å². The number of aliphatic imine (C=N–C) groups is 1. The number of halogens is 2. The molecule has 3 rings (SSSR count). The number of anilines is 1. The van der Waals surface area contributed by atoms with Gasteiger partial charge in [0, 0.05) is 38.4 Å². The maximum absolute atomic E-state index is 13.1. The van der Waals surface area contributed by atoms with Crippen molar-refractivity contribution in [1.82, 2.24) is 9.62 Å². The second-order valence-corrected chi connectivity index (χ2v) is 9.78. The monoisotopic (exact) mass is 575 g/mol. The van der Waals surface area contributed by atoms with Crippen LogP contribution in [0.15, 0.2) is 58.4 Å². The number of guanidine groups is 1. The molecule has 2 aromatic carbocycles. The highest BCUT2D eigenvalue weighted by molar-refractivity contribution is 14.0. The van der Waals surface area contributed by atoms with E-state index < -0.39 is 10.0 Å². The summed E-state index contributed by atoms with van der Waals surface area (Å²) >= 11 is 0. The molecule has 1 fully saturated rings. The summed E-state index contributed by atoms with van der Waals surface area (Å²) in [5.74, 6) is 0.467. The first kappa shape index (κ1) is 26.3. The fourth-order valence-corrected chi connectivity index (χ4v) is 4.47. The van der Waals surface area contributed by atoms with Crippen LogP contribution in [0.1, 0.15) is 19.4 Å². The van der Waals surface area contributed by atoms with Crippen molar-refractivity contribution in [2.75, 3.05) is 37.6 Å². The summed E-state index contributed by atoms with van der Waals surface area (Å²) in [5, 5.41) is 0. The molecule has 32 heavy (non-hydrogen) atoms. The van der Waals surface area contributed by atoms with Crippen LogP contribution in [0.25, 0.3) is 0 Å². The predicted octanol–water partition coefficient (Wildman–Crippen LogP) is 3.01. The molecule has 0 atom stereocenters. The van der Waals surface area contributed by atoms with Gasteiger partial charge in [-0.2, -0.15) is 0 Å². The van der Waals surface area contributed by atoms with E-state index in [9.17, 15) is 12.8 Å². The van der Waals surface area contributed by atoms with E-state index in [-0.39, 0.29) is 40.6 Å². The Balaban J connectivity index is 0.00000363. The molecule has 176 valence electrons. The number of piperazine rings is 1. The number of hydrogen-bond acceptors (Lipinski definition) is 4. The quantitative estimate of drug-likeness (QED) is 0.301. The minimum absolute atomic E-state index is 0. The molecule has 0 amide bonds. The first-order valence-electron chi connectivity index (χ1n) is 10.4. The Kier molecular flexibility index (Phi) is 9.71. The highest BCUT2D eigenvalue weighted by Crippen LogP contribution is 2.17. The summed E-state index contributed by atoms with van der Waals surface area (Å²) in [6, 6.07) is 13.2. The van der Waals surface area contributed by atoms with Crippen molar-refractivity contribution in [3.63, 3.8) is 0 Å². The summed E-state index contributed by atoms with van der Waals surface area (Å²) in [4.78, 5) is 8.92. The highest BCUT2D eigenvalue weighted by Gasteiger charge is 2.19. The topological polar surface area (TPSA) is 91.0 Å². The van der Waals surface area contributed by atoms with Crippen molar-refractivity contribution in [3.8, 4) is 0 Å². The van der Waals surface area contributed by atoms with E-state index in [0.29, 0.717) is 19.0 Å². The van der Waals surface area contributed by atoms with Gasteiger partial charge in [0.1, 0.15) is 5.82 Å². The zero-order valence-electron chi connectivity index (χ0n) is 18.4. The van der Waals surface area contributed by atoms with Crippen molar-refractivity contribution < 1.29 is 12.8 Å². The molecular formula is C22H31FIN5O2S. The SMILES string of the molecule is CC(C)CNS(=O)(=O)c1ccc(CN=C(N)N2CCN(c3ccc(F)cc3)CC2)cc1.I. The molecule has 0 aliphatic carbocycles. The number of sulfonamides is 1. The second-order valence-electron chi connectivity index (χ2n) is 8.01. The molecule has 2 aromatic rings. The van der Waals surface area contributed by atoms with Crippen LogP contribution in [0.2, 0.25) is 0 Å². The average molecular weight is 575 g/mol. The molecule has 1 aliphatic heterocycles. The van der Waals surface area contributed by atoms with Crippen LogP contribution in [0.3, 0.4) is 0 Å². The number of nitrogens with one attached hydrogen (secondary N) is 1. The molecule has 0 radical (unpaired) electrons. The molecule has 1 heterocycles. The number of hydrogen-bond donors (Lipinski definition) is 2. The molecule has 7 nitrogen and oxygen atoms in total. The third kappa shape index (κ3) is 7.31. The van der Waals surface area contributed by atoms with E-state index in [1.165, 1.54) is 12.1 Å². The van der Waals surface area contributed by atoms with Crippen molar-refractivity contribution in [2.24, 2.45) is 16.6 Å².